The molecule has 2 aromatic rings. The average molecular weight is 418 g/mol. The molecule has 0 spiro atoms. The van der Waals surface area contributed by atoms with E-state index in [0.717, 1.165) is 0 Å². The Kier molecular flexibility index (Phi) is 6.03. The maximum absolute atomic E-state index is 12.4. The van der Waals surface area contributed by atoms with Gasteiger partial charge in [-0.15, -0.1) is 0 Å². The lowest BCUT2D eigenvalue weighted by Crippen LogP contribution is -2.48. The number of hydrogen-bond donors (Lipinski definition) is 0. The highest BCUT2D eigenvalue weighted by Gasteiger charge is 2.21. The summed E-state index contributed by atoms with van der Waals surface area (Å²) in [5.74, 6) is 0.408. The summed E-state index contributed by atoms with van der Waals surface area (Å²) in [7, 11) is 0. The maximum atomic E-state index is 12.4. The second-order valence-corrected chi connectivity index (χ2v) is 6.65. The van der Waals surface area contributed by atoms with E-state index in [0.29, 0.717) is 37.6 Å². The Labute approximate surface area is 170 Å². The van der Waals surface area contributed by atoms with Gasteiger partial charge >= 0.3 is 0 Å². The molecule has 1 amide bonds. The van der Waals surface area contributed by atoms with Crippen molar-refractivity contribution in [1.82, 2.24) is 9.88 Å². The molecule has 1 aromatic carbocycles. The number of aromatic nitrogens is 1. The maximum Gasteiger partial charge on any atom is 0.288 e. The first-order chi connectivity index (χ1) is 13.8. The first-order valence-corrected chi connectivity index (χ1v) is 8.99. The number of nitrogens with zero attached hydrogens (tertiary/aromatic N) is 5. The van der Waals surface area contributed by atoms with E-state index in [2.05, 4.69) is 4.98 Å². The minimum Gasteiger partial charge on any atom is -0.353 e. The number of rotatable bonds is 5. The molecular weight excluding hydrogens is 402 g/mol. The molecule has 1 saturated heterocycles. The number of benzene rings is 1. The monoisotopic (exact) mass is 417 g/mol. The van der Waals surface area contributed by atoms with Crippen molar-refractivity contribution in [2.75, 3.05) is 31.1 Å². The molecule has 0 bridgehead atoms. The predicted molar refractivity (Wildman–Crippen MR) is 107 cm³/mol. The molecule has 1 fully saturated rings. The first kappa shape index (κ1) is 20.2. The fourth-order valence-electron chi connectivity index (χ4n) is 2.88. The van der Waals surface area contributed by atoms with Crippen molar-refractivity contribution in [2.45, 2.75) is 0 Å². The van der Waals surface area contributed by atoms with Gasteiger partial charge in [0.05, 0.1) is 9.85 Å². The van der Waals surface area contributed by atoms with Crippen molar-refractivity contribution in [1.29, 1.82) is 0 Å². The van der Waals surface area contributed by atoms with Gasteiger partial charge in [-0.2, -0.15) is 0 Å². The molecule has 0 unspecified atom stereocenters. The molecule has 1 aliphatic rings. The van der Waals surface area contributed by atoms with E-state index in [4.69, 9.17) is 11.6 Å². The average Bonchev–Trinajstić information content (AvgIpc) is 2.73. The molecule has 0 saturated carbocycles. The quantitative estimate of drug-likeness (QED) is 0.416. The van der Waals surface area contributed by atoms with E-state index in [-0.39, 0.29) is 22.3 Å². The summed E-state index contributed by atoms with van der Waals surface area (Å²) in [5, 5.41) is 21.7. The van der Waals surface area contributed by atoms with E-state index in [1.54, 1.807) is 17.0 Å². The molecular formula is C18H16ClN5O5. The third kappa shape index (κ3) is 4.85. The summed E-state index contributed by atoms with van der Waals surface area (Å²) in [6.07, 6.45) is 4.09. The number of hydrogen-bond acceptors (Lipinski definition) is 7. The van der Waals surface area contributed by atoms with Gasteiger partial charge in [-0.1, -0.05) is 17.7 Å². The number of carbonyl (C=O) groups is 1. The van der Waals surface area contributed by atoms with Crippen LogP contribution in [0, 0.1) is 20.2 Å². The number of nitro groups is 2. The topological polar surface area (TPSA) is 123 Å². The molecule has 2 heterocycles. The Morgan fingerprint density at radius 1 is 1.07 bits per heavy atom. The predicted octanol–water partition coefficient (Wildman–Crippen LogP) is 2.91. The lowest BCUT2D eigenvalue weighted by molar-refractivity contribution is -0.385. The normalized spacial score (nSPS) is 14.2. The molecule has 1 aromatic heterocycles. The molecule has 150 valence electrons. The van der Waals surface area contributed by atoms with Gasteiger partial charge in [0.1, 0.15) is 17.0 Å². The van der Waals surface area contributed by atoms with E-state index < -0.39 is 9.85 Å². The fourth-order valence-corrected chi connectivity index (χ4v) is 3.06. The van der Waals surface area contributed by atoms with E-state index in [1.807, 2.05) is 4.90 Å². The Balaban J connectivity index is 1.58. The van der Waals surface area contributed by atoms with Crippen LogP contribution in [0.3, 0.4) is 0 Å². The van der Waals surface area contributed by atoms with Gasteiger partial charge in [0.2, 0.25) is 5.91 Å². The van der Waals surface area contributed by atoms with Gasteiger partial charge in [0.25, 0.3) is 11.4 Å². The molecule has 10 nitrogen and oxygen atoms in total. The Morgan fingerprint density at radius 3 is 2.38 bits per heavy atom. The summed E-state index contributed by atoms with van der Waals surface area (Å²) in [4.78, 5) is 40.6. The molecule has 0 aliphatic carbocycles. The highest BCUT2D eigenvalue weighted by Crippen LogP contribution is 2.25. The Hall–Kier alpha value is -3.53. The standard InChI is InChI=1S/C18H16ClN5O5/c19-15-4-1-13(11-16(15)24(28)29)2-6-18(25)22-9-7-21(8-10-22)17-5-3-14(12-20-17)23(26)27/h1-6,11-12H,7-10H2/b6-2+. The van der Waals surface area contributed by atoms with E-state index in [1.165, 1.54) is 36.5 Å². The molecule has 29 heavy (non-hydrogen) atoms. The molecule has 0 atom stereocenters. The zero-order valence-corrected chi connectivity index (χ0v) is 15.9. The van der Waals surface area contributed by atoms with Crippen LogP contribution in [0.4, 0.5) is 17.2 Å². The number of pyridine rings is 1. The number of amides is 1. The van der Waals surface area contributed by atoms with Crippen LogP contribution in [0.1, 0.15) is 5.56 Å². The number of nitro benzene ring substituents is 1. The highest BCUT2D eigenvalue weighted by atomic mass is 35.5. The van der Waals surface area contributed by atoms with Crippen LogP contribution >= 0.6 is 11.6 Å². The SMILES string of the molecule is O=C(/C=C/c1ccc(Cl)c([N+](=O)[O-])c1)N1CCN(c2ccc([N+](=O)[O-])cn2)CC1. The van der Waals surface area contributed by atoms with Crippen molar-refractivity contribution < 1.29 is 14.6 Å². The van der Waals surface area contributed by atoms with Gasteiger partial charge in [0, 0.05) is 44.4 Å². The second kappa shape index (κ2) is 8.65. The molecule has 1 aliphatic heterocycles. The molecule has 3 rings (SSSR count). The summed E-state index contributed by atoms with van der Waals surface area (Å²) < 4.78 is 0. The lowest BCUT2D eigenvalue weighted by Gasteiger charge is -2.34. The van der Waals surface area contributed by atoms with Gasteiger partial charge < -0.3 is 9.80 Å². The number of halogens is 1. The number of piperazine rings is 1. The van der Waals surface area contributed by atoms with Gasteiger partial charge in [-0.25, -0.2) is 4.98 Å². The third-order valence-electron chi connectivity index (χ3n) is 4.44. The second-order valence-electron chi connectivity index (χ2n) is 6.25. The van der Waals surface area contributed by atoms with Crippen LogP contribution in [-0.2, 0) is 4.79 Å². The van der Waals surface area contributed by atoms with Crippen molar-refractivity contribution in [3.05, 3.63) is 73.4 Å². The molecule has 11 heteroatoms. The van der Waals surface area contributed by atoms with Crippen molar-refractivity contribution in [3.8, 4) is 0 Å². The van der Waals surface area contributed by atoms with Crippen LogP contribution in [0.5, 0.6) is 0 Å². The van der Waals surface area contributed by atoms with E-state index in [9.17, 15) is 25.0 Å². The summed E-state index contributed by atoms with van der Waals surface area (Å²) in [6, 6.07) is 7.30. The summed E-state index contributed by atoms with van der Waals surface area (Å²) in [6.45, 7) is 2.00. The van der Waals surface area contributed by atoms with Crippen LogP contribution < -0.4 is 4.90 Å². The largest absolute Gasteiger partial charge is 0.353 e. The van der Waals surface area contributed by atoms with Gasteiger partial charge in [0.15, 0.2) is 0 Å². The van der Waals surface area contributed by atoms with Crippen molar-refractivity contribution >= 4 is 40.8 Å². The minimum atomic E-state index is -0.576. The number of anilines is 1. The lowest BCUT2D eigenvalue weighted by atomic mass is 10.2. The van der Waals surface area contributed by atoms with Crippen molar-refractivity contribution in [3.63, 3.8) is 0 Å². The highest BCUT2D eigenvalue weighted by molar-refractivity contribution is 6.32. The van der Waals surface area contributed by atoms with Crippen LogP contribution in [0.15, 0.2) is 42.6 Å². The fraction of sp³-hybridized carbons (Fsp3) is 0.222. The first-order valence-electron chi connectivity index (χ1n) is 8.61. The number of carbonyl (C=O) groups excluding carboxylic acids is 1. The van der Waals surface area contributed by atoms with Gasteiger partial charge in [-0.05, 0) is 23.8 Å². The Bertz CT molecular complexity index is 971. The minimum absolute atomic E-state index is 0.0365. The molecule has 0 radical (unpaired) electrons. The summed E-state index contributed by atoms with van der Waals surface area (Å²) in [5.41, 5.74) is 0.212. The van der Waals surface area contributed by atoms with Crippen LogP contribution in [-0.4, -0.2) is 51.8 Å². The van der Waals surface area contributed by atoms with Crippen LogP contribution in [0.2, 0.25) is 5.02 Å². The molecule has 0 N–H and O–H groups in total. The summed E-state index contributed by atoms with van der Waals surface area (Å²) >= 11 is 5.78. The van der Waals surface area contributed by atoms with E-state index >= 15 is 0 Å². The Morgan fingerprint density at radius 2 is 1.79 bits per heavy atom. The van der Waals surface area contributed by atoms with Gasteiger partial charge in [-0.3, -0.25) is 25.0 Å². The zero-order valence-electron chi connectivity index (χ0n) is 15.1. The smallest absolute Gasteiger partial charge is 0.288 e. The zero-order chi connectivity index (χ0) is 21.0. The van der Waals surface area contributed by atoms with Crippen molar-refractivity contribution in [2.24, 2.45) is 0 Å². The third-order valence-corrected chi connectivity index (χ3v) is 4.76. The van der Waals surface area contributed by atoms with Crippen LogP contribution in [0.25, 0.3) is 6.08 Å².